The Labute approximate surface area is 260 Å². The largest absolute Gasteiger partial charge is 0.385 e. The van der Waals surface area contributed by atoms with Gasteiger partial charge in [-0.15, -0.1) is 0 Å². The van der Waals surface area contributed by atoms with E-state index in [0.29, 0.717) is 29.6 Å². The van der Waals surface area contributed by atoms with Crippen molar-refractivity contribution in [1.29, 1.82) is 0 Å². The van der Waals surface area contributed by atoms with E-state index in [2.05, 4.69) is 126 Å². The molecular weight excluding hydrogens is 508 g/mol. The van der Waals surface area contributed by atoms with Crippen LogP contribution in [0, 0.1) is 29.6 Å². The molecule has 0 heterocycles. The maximum absolute atomic E-state index is 4.72. The minimum absolute atomic E-state index is 0.424. The molecule has 0 fully saturated rings. The van der Waals surface area contributed by atoms with Crippen molar-refractivity contribution in [3.05, 3.63) is 103 Å². The van der Waals surface area contributed by atoms with Crippen molar-refractivity contribution in [2.75, 3.05) is 13.1 Å². The maximum atomic E-state index is 4.72. The lowest BCUT2D eigenvalue weighted by atomic mass is 9.68. The predicted molar refractivity (Wildman–Crippen MR) is 187 cm³/mol. The molecule has 2 heteroatoms. The third kappa shape index (κ3) is 12.2. The first-order valence-corrected chi connectivity index (χ1v) is 16.8. The van der Waals surface area contributed by atoms with E-state index in [-0.39, 0.29) is 0 Å². The molecule has 232 valence electrons. The number of nitrogens with one attached hydrogen (secondary N) is 2. The standard InChI is InChI=1S/C40H62N2/c1-10-19-39(33(7)34(8)42-29-32(6)36-20-14-12-15-21-36)40(28-31(5)11-2)38(26-25-30(3)4)24-18-27-41-35(9)37-22-16-13-17-23-37/h12-17,20-23,30-32,38-42H,7-11,18-19,24-29H2,1-6H3/t31-,32?,38+,39?,40?/m0/s1. The Hall–Kier alpha value is -2.74. The van der Waals surface area contributed by atoms with Crippen LogP contribution in [-0.2, 0) is 0 Å². The normalized spacial score (nSPS) is 14.9. The fourth-order valence-corrected chi connectivity index (χ4v) is 6.25. The maximum Gasteiger partial charge on any atom is 0.0340 e. The lowest BCUT2D eigenvalue weighted by molar-refractivity contribution is 0.170. The zero-order valence-electron chi connectivity index (χ0n) is 27.9. The average molecular weight is 571 g/mol. The summed E-state index contributed by atoms with van der Waals surface area (Å²) in [7, 11) is 0. The second kappa shape index (κ2) is 19.4. The fourth-order valence-electron chi connectivity index (χ4n) is 6.25. The average Bonchev–Trinajstić information content (AvgIpc) is 3.01. The van der Waals surface area contributed by atoms with Crippen molar-refractivity contribution in [2.45, 2.75) is 98.8 Å². The van der Waals surface area contributed by atoms with Gasteiger partial charge in [0.1, 0.15) is 0 Å². The predicted octanol–water partition coefficient (Wildman–Crippen LogP) is 11.0. The molecule has 0 aromatic heterocycles. The lowest BCUT2D eigenvalue weighted by Gasteiger charge is -2.38. The molecule has 2 rings (SSSR count). The molecule has 0 spiro atoms. The SMILES string of the molecule is C=C(NCC(C)c1ccccc1)C(=C)C(CCC)C(C[C@@H](C)CC)[C@H](CCCNC(=C)c1ccccc1)CCC(C)C. The van der Waals surface area contributed by atoms with Crippen molar-refractivity contribution in [1.82, 2.24) is 10.6 Å². The molecule has 2 nitrogen and oxygen atoms in total. The summed E-state index contributed by atoms with van der Waals surface area (Å²) in [6.45, 7) is 29.5. The first-order chi connectivity index (χ1) is 20.2. The highest BCUT2D eigenvalue weighted by Gasteiger charge is 2.32. The molecule has 0 amide bonds. The first-order valence-electron chi connectivity index (χ1n) is 16.8. The van der Waals surface area contributed by atoms with Crippen molar-refractivity contribution < 1.29 is 0 Å². The second-order valence-electron chi connectivity index (χ2n) is 13.1. The summed E-state index contributed by atoms with van der Waals surface area (Å²) in [5.41, 5.74) is 5.83. The summed E-state index contributed by atoms with van der Waals surface area (Å²) in [5.74, 6) is 3.61. The molecule has 2 aromatic carbocycles. The van der Waals surface area contributed by atoms with Crippen LogP contribution in [0.1, 0.15) is 110 Å². The number of allylic oxidation sites excluding steroid dienone is 1. The van der Waals surface area contributed by atoms with Gasteiger partial charge in [0, 0.05) is 24.5 Å². The van der Waals surface area contributed by atoms with Crippen LogP contribution in [0.3, 0.4) is 0 Å². The van der Waals surface area contributed by atoms with Gasteiger partial charge in [0.05, 0.1) is 0 Å². The van der Waals surface area contributed by atoms with Gasteiger partial charge in [-0.2, -0.15) is 0 Å². The van der Waals surface area contributed by atoms with E-state index in [1.54, 1.807) is 0 Å². The Kier molecular flexibility index (Phi) is 16.4. The zero-order valence-corrected chi connectivity index (χ0v) is 27.9. The molecule has 5 atom stereocenters. The summed E-state index contributed by atoms with van der Waals surface area (Å²) in [6, 6.07) is 21.2. The monoisotopic (exact) mass is 570 g/mol. The van der Waals surface area contributed by atoms with Crippen molar-refractivity contribution >= 4 is 5.70 Å². The molecular formula is C40H62N2. The van der Waals surface area contributed by atoms with Crippen molar-refractivity contribution in [3.63, 3.8) is 0 Å². The van der Waals surface area contributed by atoms with Gasteiger partial charge in [0.2, 0.25) is 0 Å². The van der Waals surface area contributed by atoms with Crippen LogP contribution in [-0.4, -0.2) is 13.1 Å². The minimum atomic E-state index is 0.424. The number of benzene rings is 2. The molecule has 0 aliphatic heterocycles. The fraction of sp³-hybridized carbons (Fsp3) is 0.550. The van der Waals surface area contributed by atoms with E-state index in [9.17, 15) is 0 Å². The quantitative estimate of drug-likeness (QED) is 0.109. The molecule has 0 saturated heterocycles. The van der Waals surface area contributed by atoms with Crippen LogP contribution in [0.2, 0.25) is 0 Å². The summed E-state index contributed by atoms with van der Waals surface area (Å²) in [4.78, 5) is 0. The lowest BCUT2D eigenvalue weighted by Crippen LogP contribution is -2.31. The molecule has 2 N–H and O–H groups in total. The van der Waals surface area contributed by atoms with Gasteiger partial charge in [-0.25, -0.2) is 0 Å². The summed E-state index contributed by atoms with van der Waals surface area (Å²) in [6.07, 6.45) is 9.81. The Balaban J connectivity index is 2.17. The molecule has 0 aliphatic rings. The van der Waals surface area contributed by atoms with Crippen LogP contribution in [0.5, 0.6) is 0 Å². The van der Waals surface area contributed by atoms with Gasteiger partial charge in [-0.05, 0) is 84.3 Å². The Morgan fingerprint density at radius 2 is 1.40 bits per heavy atom. The minimum Gasteiger partial charge on any atom is -0.385 e. The third-order valence-electron chi connectivity index (χ3n) is 9.25. The van der Waals surface area contributed by atoms with E-state index in [0.717, 1.165) is 36.8 Å². The van der Waals surface area contributed by atoms with Gasteiger partial charge >= 0.3 is 0 Å². The third-order valence-corrected chi connectivity index (χ3v) is 9.25. The number of hydrogen-bond acceptors (Lipinski definition) is 2. The zero-order chi connectivity index (χ0) is 30.9. The Bertz CT molecular complexity index is 1040. The van der Waals surface area contributed by atoms with Gasteiger partial charge < -0.3 is 10.6 Å². The Morgan fingerprint density at radius 1 is 0.762 bits per heavy atom. The smallest absolute Gasteiger partial charge is 0.0340 e. The highest BCUT2D eigenvalue weighted by molar-refractivity contribution is 5.61. The van der Waals surface area contributed by atoms with Gasteiger partial charge in [-0.1, -0.05) is 141 Å². The molecule has 0 aliphatic carbocycles. The molecule has 42 heavy (non-hydrogen) atoms. The van der Waals surface area contributed by atoms with Gasteiger partial charge in [-0.3, -0.25) is 0 Å². The summed E-state index contributed by atoms with van der Waals surface area (Å²) in [5, 5.41) is 7.31. The van der Waals surface area contributed by atoms with E-state index < -0.39 is 0 Å². The highest BCUT2D eigenvalue weighted by atomic mass is 14.9. The molecule has 0 saturated carbocycles. The molecule has 0 bridgehead atoms. The van der Waals surface area contributed by atoms with E-state index in [4.69, 9.17) is 6.58 Å². The number of rotatable bonds is 22. The van der Waals surface area contributed by atoms with Crippen LogP contribution < -0.4 is 10.6 Å². The first kappa shape index (κ1) is 35.5. The van der Waals surface area contributed by atoms with Crippen LogP contribution in [0.4, 0.5) is 0 Å². The molecule has 2 aromatic rings. The van der Waals surface area contributed by atoms with Gasteiger partial charge in [0.25, 0.3) is 0 Å². The van der Waals surface area contributed by atoms with Crippen LogP contribution in [0.15, 0.2) is 91.7 Å². The second-order valence-corrected chi connectivity index (χ2v) is 13.1. The highest BCUT2D eigenvalue weighted by Crippen LogP contribution is 2.41. The van der Waals surface area contributed by atoms with Crippen LogP contribution >= 0.6 is 0 Å². The molecule has 3 unspecified atom stereocenters. The summed E-state index contributed by atoms with van der Waals surface area (Å²) >= 11 is 0. The van der Waals surface area contributed by atoms with Crippen molar-refractivity contribution in [2.24, 2.45) is 29.6 Å². The van der Waals surface area contributed by atoms with E-state index in [1.165, 1.54) is 61.6 Å². The van der Waals surface area contributed by atoms with Crippen molar-refractivity contribution in [3.8, 4) is 0 Å². The number of hydrogen-bond donors (Lipinski definition) is 2. The summed E-state index contributed by atoms with van der Waals surface area (Å²) < 4.78 is 0. The van der Waals surface area contributed by atoms with E-state index in [1.807, 2.05) is 0 Å². The Morgan fingerprint density at radius 3 is 2.00 bits per heavy atom. The van der Waals surface area contributed by atoms with Crippen LogP contribution in [0.25, 0.3) is 5.70 Å². The van der Waals surface area contributed by atoms with E-state index >= 15 is 0 Å². The van der Waals surface area contributed by atoms with Gasteiger partial charge in [0.15, 0.2) is 0 Å². The topological polar surface area (TPSA) is 24.1 Å². The molecule has 0 radical (unpaired) electrons.